The van der Waals surface area contributed by atoms with Gasteiger partial charge in [-0.15, -0.1) is 0 Å². The molecular weight excluding hydrogens is 360 g/mol. The monoisotopic (exact) mass is 382 g/mol. The number of aromatic nitrogens is 2. The maximum atomic E-state index is 12.5. The van der Waals surface area contributed by atoms with Crippen molar-refractivity contribution in [2.75, 3.05) is 13.7 Å². The van der Waals surface area contributed by atoms with Gasteiger partial charge in [-0.05, 0) is 29.8 Å². The van der Waals surface area contributed by atoms with Gasteiger partial charge in [-0.1, -0.05) is 12.1 Å². The fraction of sp³-hybridized carbons (Fsp3) is 0.250. The van der Waals surface area contributed by atoms with E-state index in [0.717, 1.165) is 11.3 Å². The molecule has 1 aromatic carbocycles. The van der Waals surface area contributed by atoms with Crippen LogP contribution in [0.25, 0.3) is 0 Å². The molecule has 3 aromatic rings. The van der Waals surface area contributed by atoms with Crippen LogP contribution in [0.15, 0.2) is 59.5 Å². The number of carbonyl (C=O) groups is 2. The molecule has 1 atom stereocenters. The molecule has 3 rings (SSSR count). The van der Waals surface area contributed by atoms with Gasteiger partial charge in [0.05, 0.1) is 13.4 Å². The lowest BCUT2D eigenvalue weighted by Crippen LogP contribution is -2.34. The van der Waals surface area contributed by atoms with Crippen molar-refractivity contribution < 1.29 is 18.7 Å². The van der Waals surface area contributed by atoms with Crippen molar-refractivity contribution in [2.45, 2.75) is 12.5 Å². The number of rotatable bonds is 8. The second-order valence-electron chi connectivity index (χ2n) is 6.15. The van der Waals surface area contributed by atoms with Crippen LogP contribution in [0.5, 0.6) is 5.75 Å². The molecule has 2 N–H and O–H groups in total. The van der Waals surface area contributed by atoms with Crippen LogP contribution in [0.1, 0.15) is 34.4 Å². The molecule has 2 aromatic heterocycles. The minimum absolute atomic E-state index is 0.128. The maximum absolute atomic E-state index is 12.5. The molecule has 28 heavy (non-hydrogen) atoms. The zero-order chi connectivity index (χ0) is 19.9. The zero-order valence-corrected chi connectivity index (χ0v) is 15.7. The summed E-state index contributed by atoms with van der Waals surface area (Å²) in [5.74, 6) is 1.09. The van der Waals surface area contributed by atoms with E-state index < -0.39 is 6.04 Å². The summed E-state index contributed by atoms with van der Waals surface area (Å²) in [6.45, 7) is 0.196. The highest BCUT2D eigenvalue weighted by atomic mass is 16.5. The summed E-state index contributed by atoms with van der Waals surface area (Å²) in [6.07, 6.45) is 5.06. The van der Waals surface area contributed by atoms with E-state index in [9.17, 15) is 9.59 Å². The van der Waals surface area contributed by atoms with E-state index in [0.29, 0.717) is 5.82 Å². The first kappa shape index (κ1) is 19.2. The van der Waals surface area contributed by atoms with E-state index in [4.69, 9.17) is 9.15 Å². The van der Waals surface area contributed by atoms with E-state index in [1.807, 2.05) is 42.1 Å². The van der Waals surface area contributed by atoms with Gasteiger partial charge in [0.2, 0.25) is 5.91 Å². The Morgan fingerprint density at radius 1 is 1.25 bits per heavy atom. The highest BCUT2D eigenvalue weighted by Gasteiger charge is 2.21. The Kier molecular flexibility index (Phi) is 6.11. The van der Waals surface area contributed by atoms with Gasteiger partial charge in [-0.3, -0.25) is 9.59 Å². The normalized spacial score (nSPS) is 11.6. The van der Waals surface area contributed by atoms with Crippen molar-refractivity contribution in [1.29, 1.82) is 0 Å². The summed E-state index contributed by atoms with van der Waals surface area (Å²) < 4.78 is 12.1. The summed E-state index contributed by atoms with van der Waals surface area (Å²) in [4.78, 5) is 28.7. The third-order valence-electron chi connectivity index (χ3n) is 4.25. The SMILES string of the molecule is COc1ccc(C(NC(=O)CCNC(=O)c2ccco2)c2nccn2C)cc1. The molecule has 0 saturated heterocycles. The highest BCUT2D eigenvalue weighted by molar-refractivity contribution is 5.91. The van der Waals surface area contributed by atoms with Crippen molar-refractivity contribution in [3.05, 3.63) is 72.2 Å². The number of nitrogens with zero attached hydrogens (tertiary/aromatic N) is 2. The van der Waals surface area contributed by atoms with Crippen LogP contribution in [0.2, 0.25) is 0 Å². The van der Waals surface area contributed by atoms with Crippen molar-refractivity contribution >= 4 is 11.8 Å². The maximum Gasteiger partial charge on any atom is 0.286 e. The fourth-order valence-electron chi connectivity index (χ4n) is 2.77. The van der Waals surface area contributed by atoms with Gasteiger partial charge >= 0.3 is 0 Å². The van der Waals surface area contributed by atoms with Crippen LogP contribution in [-0.2, 0) is 11.8 Å². The molecular formula is C20H22N4O4. The Labute approximate surface area is 162 Å². The third kappa shape index (κ3) is 4.59. The lowest BCUT2D eigenvalue weighted by molar-refractivity contribution is -0.121. The topological polar surface area (TPSA) is 98.4 Å². The Balaban J connectivity index is 1.64. The summed E-state index contributed by atoms with van der Waals surface area (Å²) in [7, 11) is 3.47. The molecule has 8 heteroatoms. The van der Waals surface area contributed by atoms with Crippen LogP contribution < -0.4 is 15.4 Å². The van der Waals surface area contributed by atoms with Gasteiger partial charge < -0.3 is 24.4 Å². The molecule has 0 bridgehead atoms. The van der Waals surface area contributed by atoms with E-state index >= 15 is 0 Å². The summed E-state index contributed by atoms with van der Waals surface area (Å²) in [5.41, 5.74) is 0.878. The molecule has 0 radical (unpaired) electrons. The lowest BCUT2D eigenvalue weighted by atomic mass is 10.1. The Morgan fingerprint density at radius 3 is 2.64 bits per heavy atom. The average Bonchev–Trinajstić information content (AvgIpc) is 3.38. The van der Waals surface area contributed by atoms with Gasteiger partial charge in [0.25, 0.3) is 5.91 Å². The van der Waals surface area contributed by atoms with Crippen LogP contribution in [0.4, 0.5) is 0 Å². The number of furan rings is 1. The van der Waals surface area contributed by atoms with Crippen molar-refractivity contribution in [3.8, 4) is 5.75 Å². The molecule has 0 spiro atoms. The minimum atomic E-state index is -0.417. The van der Waals surface area contributed by atoms with Crippen molar-refractivity contribution in [3.63, 3.8) is 0 Å². The predicted molar refractivity (Wildman–Crippen MR) is 102 cm³/mol. The number of hydrogen-bond donors (Lipinski definition) is 2. The predicted octanol–water partition coefficient (Wildman–Crippen LogP) is 2.05. The van der Waals surface area contributed by atoms with Gasteiger partial charge in [0.15, 0.2) is 5.76 Å². The summed E-state index contributed by atoms with van der Waals surface area (Å²) >= 11 is 0. The number of aryl methyl sites for hydroxylation is 1. The summed E-state index contributed by atoms with van der Waals surface area (Å²) in [5, 5.41) is 5.64. The number of nitrogens with one attached hydrogen (secondary N) is 2. The zero-order valence-electron chi connectivity index (χ0n) is 15.7. The van der Waals surface area contributed by atoms with E-state index in [1.54, 1.807) is 25.4 Å². The number of amides is 2. The van der Waals surface area contributed by atoms with Gasteiger partial charge in [0.1, 0.15) is 17.6 Å². The molecule has 0 aliphatic heterocycles. The van der Waals surface area contributed by atoms with Crippen LogP contribution in [0, 0.1) is 0 Å². The Morgan fingerprint density at radius 2 is 2.04 bits per heavy atom. The quantitative estimate of drug-likeness (QED) is 0.621. The third-order valence-corrected chi connectivity index (χ3v) is 4.25. The Hall–Kier alpha value is -3.55. The smallest absolute Gasteiger partial charge is 0.286 e. The van der Waals surface area contributed by atoms with Gasteiger partial charge in [-0.25, -0.2) is 4.98 Å². The first-order valence-corrected chi connectivity index (χ1v) is 8.80. The largest absolute Gasteiger partial charge is 0.497 e. The van der Waals surface area contributed by atoms with Gasteiger partial charge in [0, 0.05) is 32.4 Å². The fourth-order valence-corrected chi connectivity index (χ4v) is 2.77. The van der Waals surface area contributed by atoms with Gasteiger partial charge in [-0.2, -0.15) is 0 Å². The molecule has 0 saturated carbocycles. The van der Waals surface area contributed by atoms with Crippen LogP contribution in [-0.4, -0.2) is 35.0 Å². The highest BCUT2D eigenvalue weighted by Crippen LogP contribution is 2.23. The first-order chi connectivity index (χ1) is 13.6. The number of benzene rings is 1. The van der Waals surface area contributed by atoms with E-state index in [1.165, 1.54) is 6.26 Å². The number of imidazole rings is 1. The van der Waals surface area contributed by atoms with Crippen molar-refractivity contribution in [2.24, 2.45) is 7.05 Å². The first-order valence-electron chi connectivity index (χ1n) is 8.80. The molecule has 0 aliphatic rings. The van der Waals surface area contributed by atoms with Crippen LogP contribution >= 0.6 is 0 Å². The second-order valence-corrected chi connectivity index (χ2v) is 6.15. The molecule has 8 nitrogen and oxygen atoms in total. The minimum Gasteiger partial charge on any atom is -0.497 e. The van der Waals surface area contributed by atoms with E-state index in [2.05, 4.69) is 15.6 Å². The number of ether oxygens (including phenoxy) is 1. The number of methoxy groups -OCH3 is 1. The lowest BCUT2D eigenvalue weighted by Gasteiger charge is -2.19. The van der Waals surface area contributed by atoms with E-state index in [-0.39, 0.29) is 30.5 Å². The van der Waals surface area contributed by atoms with Crippen LogP contribution in [0.3, 0.4) is 0 Å². The summed E-state index contributed by atoms with van der Waals surface area (Å²) in [6, 6.07) is 10.2. The molecule has 1 unspecified atom stereocenters. The molecule has 2 amide bonds. The second kappa shape index (κ2) is 8.90. The molecule has 0 fully saturated rings. The standard InChI is InChI=1S/C20H22N4O4/c1-24-12-11-21-19(24)18(14-5-7-15(27-2)8-6-14)23-17(25)9-10-22-20(26)16-4-3-13-28-16/h3-8,11-13,18H,9-10H2,1-2H3,(H,22,26)(H,23,25). The molecule has 0 aliphatic carbocycles. The molecule has 146 valence electrons. The van der Waals surface area contributed by atoms with Crippen molar-refractivity contribution in [1.82, 2.24) is 20.2 Å². The number of hydrogen-bond acceptors (Lipinski definition) is 5. The Bertz CT molecular complexity index is 916. The number of carbonyl (C=O) groups excluding carboxylic acids is 2. The average molecular weight is 382 g/mol. The molecule has 2 heterocycles.